The largest absolute Gasteiger partial charge is 0.281 e. The van der Waals surface area contributed by atoms with Crippen LogP contribution in [-0.4, -0.2) is 14.3 Å². The summed E-state index contributed by atoms with van der Waals surface area (Å²) in [4.78, 5) is 22.3. The Kier molecular flexibility index (Phi) is 2.94. The molecule has 0 fully saturated rings. The Morgan fingerprint density at radius 3 is 2.61 bits per heavy atom. The standard InChI is InChI=1S/C12H14N3O3/c1-8(2)7-14-11-6-9(15(17)18)4-5-10(11)12(16)13(14)3/h4-6H,7H2,1-3H3. The Balaban J connectivity index is 2.74. The number of nitrogens with zero attached hydrogens (tertiary/aromatic N) is 3. The zero-order chi connectivity index (χ0) is 13.4. The Morgan fingerprint density at radius 2 is 2.06 bits per heavy atom. The van der Waals surface area contributed by atoms with Crippen LogP contribution in [0.15, 0.2) is 23.0 Å². The quantitative estimate of drug-likeness (QED) is 0.615. The molecule has 0 bridgehead atoms. The van der Waals surface area contributed by atoms with Crippen molar-refractivity contribution < 1.29 is 4.92 Å². The molecule has 0 aliphatic carbocycles. The van der Waals surface area contributed by atoms with Gasteiger partial charge in [0.15, 0.2) is 0 Å². The molecule has 0 aliphatic heterocycles. The van der Waals surface area contributed by atoms with E-state index in [2.05, 4.69) is 0 Å². The van der Waals surface area contributed by atoms with E-state index in [1.54, 1.807) is 11.7 Å². The van der Waals surface area contributed by atoms with Crippen molar-refractivity contribution >= 4 is 16.6 Å². The molecule has 1 heterocycles. The first-order chi connectivity index (χ1) is 8.41. The fourth-order valence-electron chi connectivity index (χ4n) is 1.96. The second kappa shape index (κ2) is 4.29. The predicted octanol–water partition coefficient (Wildman–Crippen LogP) is 1.86. The average Bonchev–Trinajstić information content (AvgIpc) is 2.53. The highest BCUT2D eigenvalue weighted by Gasteiger charge is 2.15. The van der Waals surface area contributed by atoms with E-state index < -0.39 is 4.92 Å². The van der Waals surface area contributed by atoms with E-state index >= 15 is 0 Å². The molecule has 18 heavy (non-hydrogen) atoms. The van der Waals surface area contributed by atoms with Crippen LogP contribution in [0, 0.1) is 16.0 Å². The van der Waals surface area contributed by atoms with Gasteiger partial charge in [-0.2, -0.15) is 0 Å². The molecule has 0 N–H and O–H groups in total. The van der Waals surface area contributed by atoms with Crippen LogP contribution < -0.4 is 5.56 Å². The molecule has 1 radical (unpaired) electrons. The summed E-state index contributed by atoms with van der Waals surface area (Å²) in [7, 11) is 1.66. The summed E-state index contributed by atoms with van der Waals surface area (Å²) < 4.78 is 3.24. The van der Waals surface area contributed by atoms with Gasteiger partial charge in [0.1, 0.15) is 0 Å². The topological polar surface area (TPSA) is 70.1 Å². The summed E-state index contributed by atoms with van der Waals surface area (Å²) >= 11 is 0. The van der Waals surface area contributed by atoms with Crippen LogP contribution in [0.5, 0.6) is 0 Å². The van der Waals surface area contributed by atoms with E-state index in [0.717, 1.165) is 5.92 Å². The number of nitro benzene ring substituents is 1. The minimum atomic E-state index is -0.455. The van der Waals surface area contributed by atoms with Crippen molar-refractivity contribution in [3.63, 3.8) is 0 Å². The second-order valence-electron chi connectivity index (χ2n) is 4.55. The lowest BCUT2D eigenvalue weighted by Gasteiger charge is -2.10. The summed E-state index contributed by atoms with van der Waals surface area (Å²) in [5.41, 5.74) is 0.453. The van der Waals surface area contributed by atoms with E-state index in [-0.39, 0.29) is 11.2 Å². The SMILES string of the molecule is C[C](C)Cn1c2cc([N+](=O)[O-])ccc2c(=O)n1C. The van der Waals surface area contributed by atoms with Crippen LogP contribution in [0.1, 0.15) is 13.8 Å². The third-order valence-corrected chi connectivity index (χ3v) is 2.82. The first-order valence-corrected chi connectivity index (χ1v) is 5.55. The van der Waals surface area contributed by atoms with Gasteiger partial charge in [-0.3, -0.25) is 24.3 Å². The van der Waals surface area contributed by atoms with E-state index in [1.165, 1.54) is 22.9 Å². The minimum absolute atomic E-state index is 0.00407. The van der Waals surface area contributed by atoms with Crippen molar-refractivity contribution in [1.82, 2.24) is 9.36 Å². The number of rotatable bonds is 3. The summed E-state index contributed by atoms with van der Waals surface area (Å²) in [6.07, 6.45) is 0. The Labute approximate surface area is 104 Å². The van der Waals surface area contributed by atoms with Crippen molar-refractivity contribution in [3.05, 3.63) is 44.6 Å². The second-order valence-corrected chi connectivity index (χ2v) is 4.55. The third kappa shape index (κ3) is 1.90. The lowest BCUT2D eigenvalue weighted by molar-refractivity contribution is -0.384. The predicted molar refractivity (Wildman–Crippen MR) is 68.4 cm³/mol. The third-order valence-electron chi connectivity index (χ3n) is 2.82. The lowest BCUT2D eigenvalue weighted by atomic mass is 10.2. The highest BCUT2D eigenvalue weighted by molar-refractivity contribution is 5.81. The van der Waals surface area contributed by atoms with Gasteiger partial charge < -0.3 is 0 Å². The van der Waals surface area contributed by atoms with Crippen molar-refractivity contribution in [2.45, 2.75) is 20.4 Å². The zero-order valence-electron chi connectivity index (χ0n) is 10.5. The first-order valence-electron chi connectivity index (χ1n) is 5.55. The van der Waals surface area contributed by atoms with Gasteiger partial charge in [0.2, 0.25) is 0 Å². The van der Waals surface area contributed by atoms with Crippen LogP contribution in [-0.2, 0) is 13.6 Å². The molecule has 1 aromatic carbocycles. The van der Waals surface area contributed by atoms with Crippen LogP contribution in [0.4, 0.5) is 5.69 Å². The minimum Gasteiger partial charge on any atom is -0.281 e. The van der Waals surface area contributed by atoms with Crippen molar-refractivity contribution in [3.8, 4) is 0 Å². The van der Waals surface area contributed by atoms with E-state index in [0.29, 0.717) is 17.4 Å². The van der Waals surface area contributed by atoms with Crippen LogP contribution in [0.25, 0.3) is 10.9 Å². The summed E-state index contributed by atoms with van der Waals surface area (Å²) in [6.45, 7) is 4.47. The number of benzene rings is 1. The smallest absolute Gasteiger partial charge is 0.274 e. The molecule has 0 unspecified atom stereocenters. The van der Waals surface area contributed by atoms with Crippen LogP contribution in [0.3, 0.4) is 0 Å². The van der Waals surface area contributed by atoms with Crippen LogP contribution >= 0.6 is 0 Å². The Morgan fingerprint density at radius 1 is 1.39 bits per heavy atom. The zero-order valence-corrected chi connectivity index (χ0v) is 10.5. The molecule has 0 amide bonds. The Hall–Kier alpha value is -2.11. The number of aromatic nitrogens is 2. The molecular weight excluding hydrogens is 234 g/mol. The first kappa shape index (κ1) is 12.3. The Bertz CT molecular complexity index is 667. The molecule has 6 heteroatoms. The van der Waals surface area contributed by atoms with Gasteiger partial charge in [0.05, 0.1) is 15.8 Å². The van der Waals surface area contributed by atoms with Gasteiger partial charge in [-0.15, -0.1) is 0 Å². The maximum Gasteiger partial charge on any atom is 0.274 e. The molecule has 2 aromatic rings. The van der Waals surface area contributed by atoms with Crippen LogP contribution in [0.2, 0.25) is 0 Å². The molecule has 0 atom stereocenters. The van der Waals surface area contributed by atoms with Gasteiger partial charge in [-0.25, -0.2) is 0 Å². The summed E-state index contributed by atoms with van der Waals surface area (Å²) in [5.74, 6) is 1.12. The summed E-state index contributed by atoms with van der Waals surface area (Å²) in [6, 6.07) is 4.31. The number of hydrogen-bond donors (Lipinski definition) is 0. The van der Waals surface area contributed by atoms with Gasteiger partial charge >= 0.3 is 0 Å². The fourth-order valence-corrected chi connectivity index (χ4v) is 1.96. The lowest BCUT2D eigenvalue weighted by Crippen LogP contribution is -2.20. The average molecular weight is 248 g/mol. The van der Waals surface area contributed by atoms with Gasteiger partial charge in [0, 0.05) is 25.7 Å². The number of fused-ring (bicyclic) bond motifs is 1. The van der Waals surface area contributed by atoms with E-state index in [9.17, 15) is 14.9 Å². The van der Waals surface area contributed by atoms with E-state index in [4.69, 9.17) is 0 Å². The molecular formula is C12H14N3O3. The van der Waals surface area contributed by atoms with Crippen molar-refractivity contribution in [2.24, 2.45) is 7.05 Å². The number of nitro groups is 1. The molecule has 95 valence electrons. The van der Waals surface area contributed by atoms with E-state index in [1.807, 2.05) is 13.8 Å². The molecule has 0 spiro atoms. The molecule has 1 aromatic heterocycles. The molecule has 0 saturated heterocycles. The summed E-state index contributed by atoms with van der Waals surface area (Å²) in [5, 5.41) is 11.3. The number of hydrogen-bond acceptors (Lipinski definition) is 3. The molecule has 0 saturated carbocycles. The highest BCUT2D eigenvalue weighted by Crippen LogP contribution is 2.20. The highest BCUT2D eigenvalue weighted by atomic mass is 16.6. The normalized spacial score (nSPS) is 11.3. The maximum absolute atomic E-state index is 12.0. The monoisotopic (exact) mass is 248 g/mol. The molecule has 2 rings (SSSR count). The molecule has 6 nitrogen and oxygen atoms in total. The number of non-ortho nitro benzene ring substituents is 1. The maximum atomic E-state index is 12.0. The fraction of sp³-hybridized carbons (Fsp3) is 0.333. The van der Waals surface area contributed by atoms with Gasteiger partial charge in [0.25, 0.3) is 11.2 Å². The van der Waals surface area contributed by atoms with Gasteiger partial charge in [-0.1, -0.05) is 13.8 Å². The van der Waals surface area contributed by atoms with Crippen molar-refractivity contribution in [1.29, 1.82) is 0 Å². The van der Waals surface area contributed by atoms with Crippen molar-refractivity contribution in [2.75, 3.05) is 0 Å². The molecule has 0 aliphatic rings. The van der Waals surface area contributed by atoms with Gasteiger partial charge in [-0.05, 0) is 12.0 Å².